The quantitative estimate of drug-likeness (QED) is 0.866. The first-order valence-corrected chi connectivity index (χ1v) is 7.78. The topological polar surface area (TPSA) is 38.1 Å². The van der Waals surface area contributed by atoms with Crippen molar-refractivity contribution >= 4 is 5.91 Å². The van der Waals surface area contributed by atoms with E-state index in [0.717, 1.165) is 31.5 Å². The van der Waals surface area contributed by atoms with Gasteiger partial charge in [-0.15, -0.1) is 0 Å². The molecule has 1 fully saturated rings. The molecule has 4 nitrogen and oxygen atoms in total. The van der Waals surface area contributed by atoms with E-state index in [0.29, 0.717) is 11.3 Å². The maximum atomic E-state index is 12.7. The second kappa shape index (κ2) is 6.48. The van der Waals surface area contributed by atoms with Gasteiger partial charge in [0.2, 0.25) is 0 Å². The van der Waals surface area contributed by atoms with Crippen LogP contribution >= 0.6 is 0 Å². The van der Waals surface area contributed by atoms with Crippen LogP contribution in [0.4, 0.5) is 8.78 Å². The minimum atomic E-state index is -2.59. The summed E-state index contributed by atoms with van der Waals surface area (Å²) in [6.07, 6.45) is 0.690. The number of hydrogen-bond donors (Lipinski definition) is 0. The van der Waals surface area contributed by atoms with Crippen LogP contribution in [0.5, 0.6) is 0 Å². The van der Waals surface area contributed by atoms with Crippen molar-refractivity contribution in [1.29, 1.82) is 0 Å². The highest BCUT2D eigenvalue weighted by Crippen LogP contribution is 2.25. The Labute approximate surface area is 133 Å². The maximum absolute atomic E-state index is 12.7. The fraction of sp³-hybridized carbons (Fsp3) is 0.412. The van der Waals surface area contributed by atoms with Crippen LogP contribution in [-0.4, -0.2) is 33.7 Å². The van der Waals surface area contributed by atoms with E-state index in [2.05, 4.69) is 5.10 Å². The number of piperidine rings is 1. The van der Waals surface area contributed by atoms with Crippen molar-refractivity contribution < 1.29 is 13.6 Å². The zero-order chi connectivity index (χ0) is 16.4. The van der Waals surface area contributed by atoms with E-state index in [1.54, 1.807) is 31.3 Å². The van der Waals surface area contributed by atoms with Crippen molar-refractivity contribution in [2.45, 2.75) is 25.7 Å². The first kappa shape index (κ1) is 15.6. The molecule has 2 heterocycles. The Morgan fingerprint density at radius 2 is 1.78 bits per heavy atom. The maximum Gasteiger partial charge on any atom is 0.282 e. The van der Waals surface area contributed by atoms with Crippen LogP contribution in [0.15, 0.2) is 30.3 Å². The van der Waals surface area contributed by atoms with E-state index < -0.39 is 6.43 Å². The predicted molar refractivity (Wildman–Crippen MR) is 83.4 cm³/mol. The molecule has 1 aromatic carbocycles. The minimum absolute atomic E-state index is 0.0366. The zero-order valence-electron chi connectivity index (χ0n) is 13.0. The molecule has 1 aromatic heterocycles. The molecule has 1 aliphatic heterocycles. The van der Waals surface area contributed by atoms with Gasteiger partial charge in [-0.2, -0.15) is 5.10 Å². The number of benzene rings is 1. The second-order valence-electron chi connectivity index (χ2n) is 5.81. The van der Waals surface area contributed by atoms with Gasteiger partial charge in [-0.05, 0) is 43.0 Å². The highest BCUT2D eigenvalue weighted by Gasteiger charge is 2.19. The highest BCUT2D eigenvalue weighted by molar-refractivity contribution is 5.94. The molecule has 1 amide bonds. The van der Waals surface area contributed by atoms with Gasteiger partial charge >= 0.3 is 0 Å². The second-order valence-corrected chi connectivity index (χ2v) is 5.81. The van der Waals surface area contributed by atoms with Crippen LogP contribution in [0.2, 0.25) is 0 Å². The number of rotatable bonds is 3. The Hall–Kier alpha value is -2.24. The van der Waals surface area contributed by atoms with Crippen LogP contribution in [0.3, 0.4) is 0 Å². The number of halogens is 2. The average molecular weight is 319 g/mol. The van der Waals surface area contributed by atoms with E-state index in [4.69, 9.17) is 0 Å². The van der Waals surface area contributed by atoms with Crippen LogP contribution in [0.1, 0.15) is 41.7 Å². The Balaban J connectivity index is 1.80. The molecule has 0 unspecified atom stereocenters. The largest absolute Gasteiger partial charge is 0.339 e. The average Bonchev–Trinajstić information content (AvgIpc) is 2.97. The molecule has 0 spiro atoms. The van der Waals surface area contributed by atoms with Crippen molar-refractivity contribution in [1.82, 2.24) is 14.7 Å². The van der Waals surface area contributed by atoms with E-state index in [1.807, 2.05) is 4.90 Å². The lowest BCUT2D eigenvalue weighted by Crippen LogP contribution is -2.35. The Kier molecular flexibility index (Phi) is 4.41. The molecule has 6 heteroatoms. The van der Waals surface area contributed by atoms with E-state index in [-0.39, 0.29) is 11.6 Å². The van der Waals surface area contributed by atoms with Crippen LogP contribution in [-0.2, 0) is 7.05 Å². The van der Waals surface area contributed by atoms with Crippen molar-refractivity contribution in [2.24, 2.45) is 7.05 Å². The fourth-order valence-electron chi connectivity index (χ4n) is 2.93. The molecule has 0 saturated carbocycles. The van der Waals surface area contributed by atoms with Crippen LogP contribution in [0, 0.1) is 0 Å². The third-order valence-electron chi connectivity index (χ3n) is 4.19. The van der Waals surface area contributed by atoms with Gasteiger partial charge in [0.1, 0.15) is 5.69 Å². The first-order chi connectivity index (χ1) is 11.1. The Bertz CT molecular complexity index is 688. The smallest absolute Gasteiger partial charge is 0.282 e. The molecule has 0 radical (unpaired) electrons. The number of alkyl halides is 2. The number of carbonyl (C=O) groups excluding carboxylic acids is 1. The van der Waals surface area contributed by atoms with E-state index in [1.165, 1.54) is 17.2 Å². The number of aryl methyl sites for hydroxylation is 1. The lowest BCUT2D eigenvalue weighted by molar-refractivity contribution is 0.0724. The zero-order valence-corrected chi connectivity index (χ0v) is 13.0. The summed E-state index contributed by atoms with van der Waals surface area (Å²) in [4.78, 5) is 14.3. The molecule has 1 saturated heterocycles. The number of carbonyl (C=O) groups is 1. The van der Waals surface area contributed by atoms with Gasteiger partial charge in [-0.25, -0.2) is 8.78 Å². The summed E-state index contributed by atoms with van der Waals surface area (Å²) in [5.74, 6) is 0.0366. The molecule has 2 aromatic rings. The molecule has 23 heavy (non-hydrogen) atoms. The number of nitrogens with zero attached hydrogens (tertiary/aromatic N) is 3. The van der Waals surface area contributed by atoms with Crippen molar-refractivity contribution in [3.8, 4) is 11.3 Å². The van der Waals surface area contributed by atoms with Gasteiger partial charge < -0.3 is 4.90 Å². The van der Waals surface area contributed by atoms with Crippen molar-refractivity contribution in [3.05, 3.63) is 41.6 Å². The molecular weight excluding hydrogens is 300 g/mol. The molecule has 122 valence electrons. The summed E-state index contributed by atoms with van der Waals surface area (Å²) in [6.45, 7) is 1.61. The summed E-state index contributed by atoms with van der Waals surface area (Å²) < 4.78 is 26.9. The van der Waals surface area contributed by atoms with Crippen LogP contribution in [0.25, 0.3) is 11.3 Å². The van der Waals surface area contributed by atoms with Gasteiger partial charge in [-0.3, -0.25) is 9.48 Å². The lowest BCUT2D eigenvalue weighted by Gasteiger charge is -2.26. The summed E-state index contributed by atoms with van der Waals surface area (Å²) in [6, 6.07) is 8.45. The van der Waals surface area contributed by atoms with Crippen molar-refractivity contribution in [3.63, 3.8) is 0 Å². The number of aromatic nitrogens is 2. The summed E-state index contributed by atoms with van der Waals surface area (Å²) in [5, 5.41) is 3.81. The molecule has 0 N–H and O–H groups in total. The number of hydrogen-bond acceptors (Lipinski definition) is 2. The van der Waals surface area contributed by atoms with Gasteiger partial charge in [0.25, 0.3) is 12.3 Å². The summed E-state index contributed by atoms with van der Waals surface area (Å²) >= 11 is 0. The standard InChI is InChI=1S/C17H19F2N3O/c1-21-15(11-14(20-21)16(18)19)12-5-7-13(8-6-12)17(23)22-9-3-2-4-10-22/h5-8,11,16H,2-4,9-10H2,1H3. The SMILES string of the molecule is Cn1nc(C(F)F)cc1-c1ccc(C(=O)N2CCCCC2)cc1. The van der Waals surface area contributed by atoms with Crippen molar-refractivity contribution in [2.75, 3.05) is 13.1 Å². The number of likely N-dealkylation sites (tertiary alicyclic amines) is 1. The molecule has 3 rings (SSSR count). The number of amides is 1. The van der Waals surface area contributed by atoms with Gasteiger partial charge in [0, 0.05) is 25.7 Å². The highest BCUT2D eigenvalue weighted by atomic mass is 19.3. The van der Waals surface area contributed by atoms with Gasteiger partial charge in [-0.1, -0.05) is 12.1 Å². The minimum Gasteiger partial charge on any atom is -0.339 e. The van der Waals surface area contributed by atoms with E-state index >= 15 is 0 Å². The van der Waals surface area contributed by atoms with Crippen LogP contribution < -0.4 is 0 Å². The molecule has 0 aliphatic carbocycles. The fourth-order valence-corrected chi connectivity index (χ4v) is 2.93. The summed E-state index contributed by atoms with van der Waals surface area (Å²) in [5.41, 5.74) is 1.77. The van der Waals surface area contributed by atoms with E-state index in [9.17, 15) is 13.6 Å². The molecule has 0 atom stereocenters. The van der Waals surface area contributed by atoms with Gasteiger partial charge in [0.15, 0.2) is 0 Å². The molecule has 1 aliphatic rings. The summed E-state index contributed by atoms with van der Waals surface area (Å²) in [7, 11) is 1.63. The monoisotopic (exact) mass is 319 g/mol. The third-order valence-corrected chi connectivity index (χ3v) is 4.19. The Morgan fingerprint density at radius 3 is 2.35 bits per heavy atom. The molecule has 0 bridgehead atoms. The predicted octanol–water partition coefficient (Wildman–Crippen LogP) is 3.65. The van der Waals surface area contributed by atoms with Gasteiger partial charge in [0.05, 0.1) is 5.69 Å². The molecular formula is C17H19F2N3O. The first-order valence-electron chi connectivity index (χ1n) is 7.78. The Morgan fingerprint density at radius 1 is 1.13 bits per heavy atom. The lowest BCUT2D eigenvalue weighted by atomic mass is 10.1. The third kappa shape index (κ3) is 3.25. The normalized spacial score (nSPS) is 15.2.